The van der Waals surface area contributed by atoms with Crippen molar-refractivity contribution in [2.75, 3.05) is 18.4 Å². The van der Waals surface area contributed by atoms with Crippen molar-refractivity contribution in [3.8, 4) is 0 Å². The number of amides is 3. The monoisotopic (exact) mass is 446 g/mol. The van der Waals surface area contributed by atoms with E-state index in [4.69, 9.17) is 0 Å². The summed E-state index contributed by atoms with van der Waals surface area (Å²) < 4.78 is 13.7. The van der Waals surface area contributed by atoms with Gasteiger partial charge in [-0.3, -0.25) is 19.7 Å². The Hall–Kier alpha value is -2.81. The van der Waals surface area contributed by atoms with Gasteiger partial charge in [-0.2, -0.15) is 0 Å². The average Bonchev–Trinajstić information content (AvgIpc) is 3.14. The number of benzene rings is 1. The molecule has 1 aliphatic heterocycles. The summed E-state index contributed by atoms with van der Waals surface area (Å²) in [7, 11) is 0. The first-order chi connectivity index (χ1) is 14.8. The zero-order valence-corrected chi connectivity index (χ0v) is 18.5. The van der Waals surface area contributed by atoms with E-state index < -0.39 is 11.7 Å². The van der Waals surface area contributed by atoms with E-state index in [1.54, 1.807) is 11.4 Å². The lowest BCUT2D eigenvalue weighted by atomic mass is 10.0. The van der Waals surface area contributed by atoms with Crippen LogP contribution in [0, 0.1) is 11.7 Å². The van der Waals surface area contributed by atoms with Crippen LogP contribution in [-0.4, -0.2) is 46.7 Å². The summed E-state index contributed by atoms with van der Waals surface area (Å²) in [5.41, 5.74) is 0.478. The third-order valence-electron chi connectivity index (χ3n) is 5.03. The first kappa shape index (κ1) is 22.9. The van der Waals surface area contributed by atoms with Crippen molar-refractivity contribution < 1.29 is 18.8 Å². The van der Waals surface area contributed by atoms with Gasteiger partial charge in [0, 0.05) is 30.9 Å². The van der Waals surface area contributed by atoms with Gasteiger partial charge in [-0.05, 0) is 30.9 Å². The molecule has 3 rings (SSSR count). The van der Waals surface area contributed by atoms with E-state index in [0.29, 0.717) is 36.3 Å². The molecule has 1 aliphatic rings. The Labute approximate surface area is 185 Å². The van der Waals surface area contributed by atoms with Crippen LogP contribution in [-0.2, 0) is 16.0 Å². The largest absolute Gasteiger partial charge is 0.353 e. The number of anilines is 1. The molecule has 9 heteroatoms. The van der Waals surface area contributed by atoms with Gasteiger partial charge < -0.3 is 10.2 Å². The molecule has 2 N–H and O–H groups in total. The van der Waals surface area contributed by atoms with E-state index >= 15 is 0 Å². The summed E-state index contributed by atoms with van der Waals surface area (Å²) in [5.74, 6) is -0.823. The number of aromatic nitrogens is 1. The normalized spacial score (nSPS) is 14.5. The maximum Gasteiger partial charge on any atom is 0.260 e. The highest BCUT2D eigenvalue weighted by molar-refractivity contribution is 7.14. The third-order valence-corrected chi connectivity index (χ3v) is 5.83. The van der Waals surface area contributed by atoms with Gasteiger partial charge in [0.15, 0.2) is 5.13 Å². The highest BCUT2D eigenvalue weighted by Gasteiger charge is 2.24. The topological polar surface area (TPSA) is 91.4 Å². The number of rotatable bonds is 7. The van der Waals surface area contributed by atoms with Crippen LogP contribution >= 0.6 is 11.3 Å². The summed E-state index contributed by atoms with van der Waals surface area (Å²) in [6, 6.07) is 5.75. The van der Waals surface area contributed by atoms with Gasteiger partial charge in [0.1, 0.15) is 5.82 Å². The van der Waals surface area contributed by atoms with Crippen LogP contribution in [0.4, 0.5) is 9.52 Å². The number of carbonyl (C=O) groups excluding carboxylic acids is 3. The summed E-state index contributed by atoms with van der Waals surface area (Å²) in [6.45, 7) is 5.36. The quantitative estimate of drug-likeness (QED) is 0.683. The lowest BCUT2D eigenvalue weighted by Crippen LogP contribution is -2.47. The van der Waals surface area contributed by atoms with Crippen LogP contribution < -0.4 is 10.6 Å². The van der Waals surface area contributed by atoms with Crippen molar-refractivity contribution >= 4 is 34.2 Å². The lowest BCUT2D eigenvalue weighted by molar-refractivity contribution is -0.133. The molecule has 0 unspecified atom stereocenters. The Bertz CT molecular complexity index is 938. The molecule has 1 aromatic heterocycles. The average molecular weight is 447 g/mol. The maximum atomic E-state index is 13.7. The molecule has 0 saturated carbocycles. The molecule has 166 valence electrons. The molecule has 31 heavy (non-hydrogen) atoms. The van der Waals surface area contributed by atoms with Gasteiger partial charge in [0.2, 0.25) is 11.8 Å². The van der Waals surface area contributed by atoms with Crippen molar-refractivity contribution in [3.63, 3.8) is 0 Å². The van der Waals surface area contributed by atoms with Crippen molar-refractivity contribution in [1.82, 2.24) is 15.2 Å². The van der Waals surface area contributed by atoms with E-state index in [2.05, 4.69) is 15.6 Å². The molecular formula is C22H27FN4O3S. The zero-order chi connectivity index (χ0) is 22.4. The van der Waals surface area contributed by atoms with Crippen LogP contribution in [0.3, 0.4) is 0 Å². The fourth-order valence-electron chi connectivity index (χ4n) is 3.45. The number of nitrogens with zero attached hydrogens (tertiary/aromatic N) is 2. The highest BCUT2D eigenvalue weighted by Crippen LogP contribution is 2.18. The predicted octanol–water partition coefficient (Wildman–Crippen LogP) is 3.23. The molecule has 1 fully saturated rings. The number of carbonyl (C=O) groups is 3. The van der Waals surface area contributed by atoms with Crippen molar-refractivity contribution in [2.24, 2.45) is 5.92 Å². The Morgan fingerprint density at radius 2 is 1.94 bits per heavy atom. The standard InChI is InChI=1S/C22H27FN4O3S/c1-14(2)11-20(29)27-9-7-15(8-10-27)24-19(28)12-16-13-31-22(25-16)26-21(30)17-5-3-4-6-18(17)23/h3-6,13-15H,7-12H2,1-2H3,(H,24,28)(H,25,26,30). The van der Waals surface area contributed by atoms with Gasteiger partial charge in [0.05, 0.1) is 17.7 Å². The molecule has 3 amide bonds. The molecule has 7 nitrogen and oxygen atoms in total. The van der Waals surface area contributed by atoms with Crippen LogP contribution in [0.25, 0.3) is 0 Å². The maximum absolute atomic E-state index is 13.7. The van der Waals surface area contributed by atoms with Crippen molar-refractivity contribution in [1.29, 1.82) is 0 Å². The Kier molecular flexibility index (Phi) is 7.73. The van der Waals surface area contributed by atoms with Crippen molar-refractivity contribution in [2.45, 2.75) is 45.6 Å². The number of likely N-dealkylation sites (tertiary alicyclic amines) is 1. The Morgan fingerprint density at radius 1 is 1.23 bits per heavy atom. The second-order valence-electron chi connectivity index (χ2n) is 8.08. The van der Waals surface area contributed by atoms with Crippen LogP contribution in [0.5, 0.6) is 0 Å². The molecule has 0 spiro atoms. The van der Waals surface area contributed by atoms with Crippen LogP contribution in [0.1, 0.15) is 49.2 Å². The van der Waals surface area contributed by atoms with Gasteiger partial charge in [0.25, 0.3) is 5.91 Å². The van der Waals surface area contributed by atoms with E-state index in [0.717, 1.165) is 12.8 Å². The van der Waals surface area contributed by atoms with Gasteiger partial charge in [-0.1, -0.05) is 26.0 Å². The van der Waals surface area contributed by atoms with Crippen LogP contribution in [0.2, 0.25) is 0 Å². The number of piperidine rings is 1. The van der Waals surface area contributed by atoms with E-state index in [1.807, 2.05) is 18.7 Å². The number of hydrogen-bond acceptors (Lipinski definition) is 5. The summed E-state index contributed by atoms with van der Waals surface area (Å²) >= 11 is 1.19. The molecular weight excluding hydrogens is 419 g/mol. The second-order valence-corrected chi connectivity index (χ2v) is 8.93. The molecule has 0 radical (unpaired) electrons. The summed E-state index contributed by atoms with van der Waals surface area (Å²) in [5, 5.41) is 7.58. The number of nitrogens with one attached hydrogen (secondary N) is 2. The van der Waals surface area contributed by atoms with Gasteiger partial charge >= 0.3 is 0 Å². The fraction of sp³-hybridized carbons (Fsp3) is 0.455. The molecule has 1 saturated heterocycles. The minimum absolute atomic E-state index is 0.0365. The summed E-state index contributed by atoms with van der Waals surface area (Å²) in [4.78, 5) is 42.8. The minimum Gasteiger partial charge on any atom is -0.353 e. The first-order valence-electron chi connectivity index (χ1n) is 10.4. The molecule has 1 aromatic carbocycles. The number of halogens is 1. The summed E-state index contributed by atoms with van der Waals surface area (Å²) in [6.07, 6.45) is 2.11. The van der Waals surface area contributed by atoms with Gasteiger partial charge in [-0.25, -0.2) is 9.37 Å². The van der Waals surface area contributed by atoms with Gasteiger partial charge in [-0.15, -0.1) is 11.3 Å². The third kappa shape index (κ3) is 6.58. The van der Waals surface area contributed by atoms with E-state index in [1.165, 1.54) is 29.5 Å². The molecule has 0 aliphatic carbocycles. The Balaban J connectivity index is 1.45. The second kappa shape index (κ2) is 10.5. The lowest BCUT2D eigenvalue weighted by Gasteiger charge is -2.32. The SMILES string of the molecule is CC(C)CC(=O)N1CCC(NC(=O)Cc2csc(NC(=O)c3ccccc3F)n2)CC1. The number of hydrogen-bond donors (Lipinski definition) is 2. The minimum atomic E-state index is -0.604. The molecule has 0 bridgehead atoms. The van der Waals surface area contributed by atoms with Crippen LogP contribution in [0.15, 0.2) is 29.6 Å². The molecule has 2 aromatic rings. The molecule has 0 atom stereocenters. The number of thiazole rings is 1. The van der Waals surface area contributed by atoms with Crippen molar-refractivity contribution in [3.05, 3.63) is 46.7 Å². The highest BCUT2D eigenvalue weighted by atomic mass is 32.1. The fourth-order valence-corrected chi connectivity index (χ4v) is 4.16. The zero-order valence-electron chi connectivity index (χ0n) is 17.7. The Morgan fingerprint density at radius 3 is 2.61 bits per heavy atom. The molecule has 2 heterocycles. The van der Waals surface area contributed by atoms with E-state index in [-0.39, 0.29) is 29.8 Å². The van der Waals surface area contributed by atoms with E-state index in [9.17, 15) is 18.8 Å². The smallest absolute Gasteiger partial charge is 0.260 e. The predicted molar refractivity (Wildman–Crippen MR) is 117 cm³/mol. The first-order valence-corrected chi connectivity index (χ1v) is 11.3.